The Kier molecular flexibility index (Phi) is 7.46. The highest BCUT2D eigenvalue weighted by Crippen LogP contribution is 2.23. The molecular formula is C22H29N3O5. The van der Waals surface area contributed by atoms with Gasteiger partial charge in [0.1, 0.15) is 18.2 Å². The Balaban J connectivity index is 1.69. The van der Waals surface area contributed by atoms with Crippen LogP contribution in [0.3, 0.4) is 0 Å². The zero-order chi connectivity index (χ0) is 21.5. The van der Waals surface area contributed by atoms with E-state index in [1.165, 1.54) is 0 Å². The maximum Gasteiger partial charge on any atom is 0.329 e. The van der Waals surface area contributed by atoms with Gasteiger partial charge in [-0.15, -0.1) is 0 Å². The Morgan fingerprint density at radius 2 is 1.93 bits per heavy atom. The maximum atomic E-state index is 12.9. The van der Waals surface area contributed by atoms with Gasteiger partial charge in [0, 0.05) is 29.9 Å². The molecule has 2 aromatic rings. The van der Waals surface area contributed by atoms with Crippen LogP contribution < -0.4 is 11.1 Å². The van der Waals surface area contributed by atoms with E-state index in [4.69, 9.17) is 15.6 Å². The minimum atomic E-state index is -1.16. The largest absolute Gasteiger partial charge is 0.480 e. The van der Waals surface area contributed by atoms with Gasteiger partial charge in [-0.2, -0.15) is 0 Å². The highest BCUT2D eigenvalue weighted by atomic mass is 16.5. The van der Waals surface area contributed by atoms with E-state index in [-0.39, 0.29) is 25.4 Å². The molecule has 30 heavy (non-hydrogen) atoms. The lowest BCUT2D eigenvalue weighted by atomic mass is 9.97. The van der Waals surface area contributed by atoms with Gasteiger partial charge in [-0.05, 0) is 43.7 Å². The maximum absolute atomic E-state index is 12.9. The number of carboxylic acids is 1. The molecule has 0 radical (unpaired) electrons. The second kappa shape index (κ2) is 10.2. The zero-order valence-electron chi connectivity index (χ0n) is 16.9. The molecule has 1 aromatic heterocycles. The molecule has 8 nitrogen and oxygen atoms in total. The average molecular weight is 415 g/mol. The average Bonchev–Trinajstić information content (AvgIpc) is 3.15. The number of nitrogens with one attached hydrogen (secondary N) is 2. The normalized spacial score (nSPS) is 16.7. The van der Waals surface area contributed by atoms with E-state index in [1.807, 2.05) is 30.5 Å². The summed E-state index contributed by atoms with van der Waals surface area (Å²) in [6, 6.07) is 5.78. The molecule has 1 unspecified atom stereocenters. The van der Waals surface area contributed by atoms with E-state index >= 15 is 0 Å². The number of ether oxygens (including phenoxy) is 1. The summed E-state index contributed by atoms with van der Waals surface area (Å²) in [5.74, 6) is -2.03. The highest BCUT2D eigenvalue weighted by molar-refractivity contribution is 5.87. The van der Waals surface area contributed by atoms with Crippen LogP contribution in [0.5, 0.6) is 0 Å². The summed E-state index contributed by atoms with van der Waals surface area (Å²) in [4.78, 5) is 39.3. The smallest absolute Gasteiger partial charge is 0.329 e. The molecule has 1 aromatic carbocycles. The number of aromatic amines is 1. The molecule has 1 aliphatic rings. The van der Waals surface area contributed by atoms with Crippen LogP contribution in [0, 0.1) is 0 Å². The first-order chi connectivity index (χ1) is 14.4. The van der Waals surface area contributed by atoms with Gasteiger partial charge in [-0.1, -0.05) is 24.6 Å². The minimum absolute atomic E-state index is 0.00134. The number of carboxylic acid groups (broad SMARTS) is 1. The standard InChI is InChI=1S/C22H29N3O5/c23-17(21(27)28)10-11-20(26)25-19(22(29)30-15-6-2-1-3-7-15)12-14-13-24-18-9-5-4-8-16(14)18/h4-5,8-9,13,15,17,19,24H,1-3,6-7,10-12,23H2,(H,25,26)(H,27,28)/t17-,19?/m1/s1. The first-order valence-corrected chi connectivity index (χ1v) is 10.5. The number of fused-ring (bicyclic) bond motifs is 1. The van der Waals surface area contributed by atoms with Gasteiger partial charge < -0.3 is 25.9 Å². The van der Waals surface area contributed by atoms with Crippen LogP contribution in [0.2, 0.25) is 0 Å². The van der Waals surface area contributed by atoms with Gasteiger partial charge in [-0.25, -0.2) is 4.79 Å². The lowest BCUT2D eigenvalue weighted by Crippen LogP contribution is -2.45. The lowest BCUT2D eigenvalue weighted by Gasteiger charge is -2.25. The molecule has 162 valence electrons. The van der Waals surface area contributed by atoms with E-state index in [9.17, 15) is 14.4 Å². The number of hydrogen-bond acceptors (Lipinski definition) is 5. The van der Waals surface area contributed by atoms with E-state index in [0.29, 0.717) is 0 Å². The third-order valence-electron chi connectivity index (χ3n) is 5.55. The van der Waals surface area contributed by atoms with Gasteiger partial charge in [-0.3, -0.25) is 9.59 Å². The Morgan fingerprint density at radius 3 is 2.67 bits per heavy atom. The molecule has 5 N–H and O–H groups in total. The van der Waals surface area contributed by atoms with Crippen molar-refractivity contribution in [2.75, 3.05) is 0 Å². The number of aromatic nitrogens is 1. The molecule has 0 spiro atoms. The van der Waals surface area contributed by atoms with Gasteiger partial charge in [0.05, 0.1) is 0 Å². The number of para-hydroxylation sites is 1. The Labute approximate surface area is 175 Å². The molecule has 2 atom stereocenters. The predicted octanol–water partition coefficient (Wildman–Crippen LogP) is 2.26. The second-order valence-electron chi connectivity index (χ2n) is 7.86. The fourth-order valence-corrected chi connectivity index (χ4v) is 3.82. The SMILES string of the molecule is N[C@H](CCC(=O)NC(Cc1c[nH]c2ccccc12)C(=O)OC1CCCCC1)C(=O)O. The van der Waals surface area contributed by atoms with Crippen molar-refractivity contribution >= 4 is 28.7 Å². The molecule has 0 aliphatic heterocycles. The third kappa shape index (κ3) is 5.82. The number of carbonyl (C=O) groups excluding carboxylic acids is 2. The second-order valence-corrected chi connectivity index (χ2v) is 7.86. The van der Waals surface area contributed by atoms with E-state index in [0.717, 1.165) is 48.6 Å². The summed E-state index contributed by atoms with van der Waals surface area (Å²) in [7, 11) is 0. The molecule has 1 fully saturated rings. The molecule has 0 bridgehead atoms. The van der Waals surface area contributed by atoms with E-state index < -0.39 is 29.9 Å². The van der Waals surface area contributed by atoms with Gasteiger partial charge in [0.25, 0.3) is 0 Å². The summed E-state index contributed by atoms with van der Waals surface area (Å²) in [5, 5.41) is 12.6. The van der Waals surface area contributed by atoms with Crippen molar-refractivity contribution in [2.24, 2.45) is 5.73 Å². The van der Waals surface area contributed by atoms with Crippen molar-refractivity contribution in [3.8, 4) is 0 Å². The van der Waals surface area contributed by atoms with Crippen LogP contribution in [0.4, 0.5) is 0 Å². The van der Waals surface area contributed by atoms with Crippen LogP contribution in [0.15, 0.2) is 30.5 Å². The van der Waals surface area contributed by atoms with Crippen LogP contribution in [0.1, 0.15) is 50.5 Å². The number of H-pyrrole nitrogens is 1. The Morgan fingerprint density at radius 1 is 1.20 bits per heavy atom. The quantitative estimate of drug-likeness (QED) is 0.464. The van der Waals surface area contributed by atoms with Crippen molar-refractivity contribution in [3.63, 3.8) is 0 Å². The molecule has 1 saturated carbocycles. The fraction of sp³-hybridized carbons (Fsp3) is 0.500. The molecule has 8 heteroatoms. The van der Waals surface area contributed by atoms with E-state index in [1.54, 1.807) is 0 Å². The monoisotopic (exact) mass is 415 g/mol. The van der Waals surface area contributed by atoms with Crippen molar-refractivity contribution in [1.82, 2.24) is 10.3 Å². The predicted molar refractivity (Wildman–Crippen MR) is 112 cm³/mol. The van der Waals surface area contributed by atoms with Gasteiger partial charge in [0.2, 0.25) is 5.91 Å². The highest BCUT2D eigenvalue weighted by Gasteiger charge is 2.27. The lowest BCUT2D eigenvalue weighted by molar-refractivity contribution is -0.154. The number of rotatable bonds is 9. The van der Waals surface area contributed by atoms with Crippen LogP contribution in [-0.4, -0.2) is 46.1 Å². The van der Waals surface area contributed by atoms with E-state index in [2.05, 4.69) is 10.3 Å². The molecule has 3 rings (SSSR count). The number of aliphatic carboxylic acids is 1. The third-order valence-corrected chi connectivity index (χ3v) is 5.55. The Hall–Kier alpha value is -2.87. The van der Waals surface area contributed by atoms with Crippen molar-refractivity contribution < 1.29 is 24.2 Å². The molecule has 1 heterocycles. The van der Waals surface area contributed by atoms with Crippen LogP contribution in [0.25, 0.3) is 10.9 Å². The number of nitrogens with two attached hydrogens (primary N) is 1. The van der Waals surface area contributed by atoms with Crippen molar-refractivity contribution in [3.05, 3.63) is 36.0 Å². The molecule has 0 saturated heterocycles. The zero-order valence-corrected chi connectivity index (χ0v) is 16.9. The first-order valence-electron chi connectivity index (χ1n) is 10.5. The topological polar surface area (TPSA) is 135 Å². The number of hydrogen-bond donors (Lipinski definition) is 4. The van der Waals surface area contributed by atoms with Crippen LogP contribution >= 0.6 is 0 Å². The molecular weight excluding hydrogens is 386 g/mol. The van der Waals surface area contributed by atoms with Crippen molar-refractivity contribution in [1.29, 1.82) is 0 Å². The summed E-state index contributed by atoms with van der Waals surface area (Å²) in [6.45, 7) is 0. The summed E-state index contributed by atoms with van der Waals surface area (Å²) in [6.07, 6.45) is 6.81. The Bertz CT molecular complexity index is 888. The number of esters is 1. The summed E-state index contributed by atoms with van der Waals surface area (Å²) >= 11 is 0. The minimum Gasteiger partial charge on any atom is -0.480 e. The number of benzene rings is 1. The molecule has 1 aliphatic carbocycles. The van der Waals surface area contributed by atoms with Crippen LogP contribution in [-0.2, 0) is 25.5 Å². The van der Waals surface area contributed by atoms with Crippen molar-refractivity contribution in [2.45, 2.75) is 69.6 Å². The number of amides is 1. The summed E-state index contributed by atoms with van der Waals surface area (Å²) < 4.78 is 5.70. The first kappa shape index (κ1) is 21.8. The number of carbonyl (C=O) groups is 3. The van der Waals surface area contributed by atoms with Gasteiger partial charge >= 0.3 is 11.9 Å². The van der Waals surface area contributed by atoms with Gasteiger partial charge in [0.15, 0.2) is 0 Å². The molecule has 1 amide bonds. The fourth-order valence-electron chi connectivity index (χ4n) is 3.82. The summed E-state index contributed by atoms with van der Waals surface area (Å²) in [5.41, 5.74) is 7.33.